The molecule has 29 heavy (non-hydrogen) atoms. The van der Waals surface area contributed by atoms with Gasteiger partial charge in [-0.1, -0.05) is 61.8 Å². The molecule has 2 aromatic heterocycles. The molecule has 0 aliphatic rings. The average molecular weight is 423 g/mol. The van der Waals surface area contributed by atoms with Crippen LogP contribution < -0.4 is 5.32 Å². The quantitative estimate of drug-likeness (QED) is 0.408. The van der Waals surface area contributed by atoms with E-state index in [0.717, 1.165) is 16.8 Å². The van der Waals surface area contributed by atoms with Gasteiger partial charge in [0.1, 0.15) is 0 Å². The van der Waals surface area contributed by atoms with Gasteiger partial charge in [0.05, 0.1) is 5.69 Å². The van der Waals surface area contributed by atoms with E-state index in [1.165, 1.54) is 23.0 Å². The number of aromatic nitrogens is 3. The van der Waals surface area contributed by atoms with Crippen molar-refractivity contribution in [2.45, 2.75) is 19.8 Å². The first kappa shape index (κ1) is 19.4. The minimum atomic E-state index is -0.274. The number of thiazole rings is 1. The molecular weight excluding hydrogens is 404 g/mol. The second-order valence-electron chi connectivity index (χ2n) is 6.90. The van der Waals surface area contributed by atoms with Gasteiger partial charge in [0, 0.05) is 22.0 Å². The summed E-state index contributed by atoms with van der Waals surface area (Å²) in [5.41, 5.74) is 4.11. The molecule has 7 heteroatoms. The second-order valence-corrected chi connectivity index (χ2v) is 8.17. The Morgan fingerprint density at radius 3 is 2.55 bits per heavy atom. The maximum atomic E-state index is 12.3. The Bertz CT molecular complexity index is 1170. The summed E-state index contributed by atoms with van der Waals surface area (Å²) in [5, 5.41) is 9.79. The topological polar surface area (TPSA) is 59.3 Å². The first-order valence-electron chi connectivity index (χ1n) is 9.19. The number of halogens is 1. The lowest BCUT2D eigenvalue weighted by Gasteiger charge is -2.04. The molecule has 0 spiro atoms. The summed E-state index contributed by atoms with van der Waals surface area (Å²) in [5.74, 6) is 0.482. The maximum Gasteiger partial charge on any atom is 0.250 e. The number of nitrogens with one attached hydrogen (secondary N) is 1. The Kier molecular flexibility index (Phi) is 5.47. The SMILES string of the molecule is CC(C)c1ccc(/C=C/C(=O)Nc2nc3scc(-c4ccc(Cl)cc4)n3n2)cc1. The molecule has 4 aromatic rings. The highest BCUT2D eigenvalue weighted by molar-refractivity contribution is 7.15. The van der Waals surface area contributed by atoms with Crippen molar-refractivity contribution >= 4 is 45.8 Å². The van der Waals surface area contributed by atoms with Gasteiger partial charge in [0.25, 0.3) is 11.9 Å². The van der Waals surface area contributed by atoms with Gasteiger partial charge in [-0.25, -0.2) is 4.52 Å². The molecule has 1 amide bonds. The number of carbonyl (C=O) groups is 1. The van der Waals surface area contributed by atoms with Crippen LogP contribution in [0.5, 0.6) is 0 Å². The predicted molar refractivity (Wildman–Crippen MR) is 120 cm³/mol. The van der Waals surface area contributed by atoms with Crippen LogP contribution in [0.2, 0.25) is 5.02 Å². The Morgan fingerprint density at radius 2 is 1.86 bits per heavy atom. The van der Waals surface area contributed by atoms with Crippen molar-refractivity contribution < 1.29 is 4.79 Å². The third-order valence-corrected chi connectivity index (χ3v) is 5.56. The monoisotopic (exact) mass is 422 g/mol. The molecule has 4 rings (SSSR count). The summed E-state index contributed by atoms with van der Waals surface area (Å²) in [4.78, 5) is 17.3. The largest absolute Gasteiger partial charge is 0.290 e. The van der Waals surface area contributed by atoms with Crippen LogP contribution in [0.4, 0.5) is 5.95 Å². The van der Waals surface area contributed by atoms with E-state index in [-0.39, 0.29) is 11.9 Å². The Hall–Kier alpha value is -2.96. The van der Waals surface area contributed by atoms with Crippen molar-refractivity contribution in [2.75, 3.05) is 5.32 Å². The Labute approximate surface area is 177 Å². The maximum absolute atomic E-state index is 12.3. The van der Waals surface area contributed by atoms with Crippen LogP contribution in [0.1, 0.15) is 30.9 Å². The van der Waals surface area contributed by atoms with Crippen molar-refractivity contribution in [1.82, 2.24) is 14.6 Å². The highest BCUT2D eigenvalue weighted by Gasteiger charge is 2.12. The molecule has 146 valence electrons. The molecule has 2 heterocycles. The van der Waals surface area contributed by atoms with Crippen molar-refractivity contribution in [3.63, 3.8) is 0 Å². The van der Waals surface area contributed by atoms with E-state index in [1.807, 2.05) is 41.8 Å². The third kappa shape index (κ3) is 4.39. The molecule has 0 aliphatic heterocycles. The molecule has 2 aromatic carbocycles. The molecule has 0 saturated heterocycles. The molecule has 0 fully saturated rings. The number of anilines is 1. The van der Waals surface area contributed by atoms with Crippen LogP contribution >= 0.6 is 22.9 Å². The van der Waals surface area contributed by atoms with Crippen molar-refractivity contribution in [2.24, 2.45) is 0 Å². The summed E-state index contributed by atoms with van der Waals surface area (Å²) in [6, 6.07) is 15.7. The van der Waals surface area contributed by atoms with Crippen LogP contribution in [0, 0.1) is 0 Å². The first-order chi connectivity index (χ1) is 14.0. The lowest BCUT2D eigenvalue weighted by molar-refractivity contribution is -0.111. The molecule has 0 bridgehead atoms. The van der Waals surface area contributed by atoms with Gasteiger partial charge >= 0.3 is 0 Å². The van der Waals surface area contributed by atoms with Crippen LogP contribution in [0.3, 0.4) is 0 Å². The number of hydrogen-bond donors (Lipinski definition) is 1. The van der Waals surface area contributed by atoms with Crippen molar-refractivity contribution in [1.29, 1.82) is 0 Å². The standard InChI is InChI=1S/C22H19ClN4OS/c1-14(2)16-6-3-15(4-7-16)5-12-20(28)24-21-25-22-27(26-21)19(13-29-22)17-8-10-18(23)11-9-17/h3-14H,1-2H3,(H,24,26,28)/b12-5+. The summed E-state index contributed by atoms with van der Waals surface area (Å²) in [7, 11) is 0. The molecule has 0 atom stereocenters. The summed E-state index contributed by atoms with van der Waals surface area (Å²) in [6.45, 7) is 4.30. The Morgan fingerprint density at radius 1 is 1.14 bits per heavy atom. The lowest BCUT2D eigenvalue weighted by atomic mass is 10.0. The molecule has 0 aliphatic carbocycles. The van der Waals surface area contributed by atoms with E-state index < -0.39 is 0 Å². The predicted octanol–water partition coefficient (Wildman–Crippen LogP) is 5.89. The highest BCUT2D eigenvalue weighted by Crippen LogP contribution is 2.27. The number of fused-ring (bicyclic) bond motifs is 1. The fraction of sp³-hybridized carbons (Fsp3) is 0.136. The summed E-state index contributed by atoms with van der Waals surface area (Å²) < 4.78 is 1.72. The van der Waals surface area contributed by atoms with Gasteiger partial charge in [0.15, 0.2) is 0 Å². The van der Waals surface area contributed by atoms with Gasteiger partial charge in [-0.15, -0.1) is 16.4 Å². The minimum absolute atomic E-state index is 0.274. The van der Waals surface area contributed by atoms with E-state index in [2.05, 4.69) is 41.4 Å². The highest BCUT2D eigenvalue weighted by atomic mass is 35.5. The number of benzene rings is 2. The van der Waals surface area contributed by atoms with Crippen LogP contribution in [0.15, 0.2) is 60.0 Å². The number of rotatable bonds is 5. The number of amides is 1. The second kappa shape index (κ2) is 8.19. The van der Waals surface area contributed by atoms with Gasteiger partial charge in [-0.05, 0) is 35.3 Å². The molecule has 0 radical (unpaired) electrons. The van der Waals surface area contributed by atoms with Crippen molar-refractivity contribution in [3.8, 4) is 11.3 Å². The molecule has 5 nitrogen and oxygen atoms in total. The van der Waals surface area contributed by atoms with Gasteiger partial charge in [-0.2, -0.15) is 4.98 Å². The van der Waals surface area contributed by atoms with E-state index in [1.54, 1.807) is 10.6 Å². The molecule has 0 unspecified atom stereocenters. The van der Waals surface area contributed by atoms with E-state index >= 15 is 0 Å². The average Bonchev–Trinajstić information content (AvgIpc) is 3.27. The normalized spacial score (nSPS) is 11.6. The first-order valence-corrected chi connectivity index (χ1v) is 10.4. The molecule has 1 N–H and O–H groups in total. The number of hydrogen-bond acceptors (Lipinski definition) is 4. The number of nitrogens with zero attached hydrogens (tertiary/aromatic N) is 3. The molecular formula is C22H19ClN4OS. The fourth-order valence-electron chi connectivity index (χ4n) is 2.87. The summed E-state index contributed by atoms with van der Waals surface area (Å²) in [6.07, 6.45) is 3.26. The Balaban J connectivity index is 1.47. The lowest BCUT2D eigenvalue weighted by Crippen LogP contribution is -2.09. The summed E-state index contributed by atoms with van der Waals surface area (Å²) >= 11 is 7.42. The zero-order chi connectivity index (χ0) is 20.4. The van der Waals surface area contributed by atoms with Gasteiger partial charge in [0.2, 0.25) is 4.96 Å². The zero-order valence-electron chi connectivity index (χ0n) is 16.0. The van der Waals surface area contributed by atoms with E-state index in [4.69, 9.17) is 11.6 Å². The smallest absolute Gasteiger partial charge is 0.250 e. The fourth-order valence-corrected chi connectivity index (χ4v) is 3.83. The van der Waals surface area contributed by atoms with E-state index in [9.17, 15) is 4.79 Å². The van der Waals surface area contributed by atoms with E-state index in [0.29, 0.717) is 15.9 Å². The minimum Gasteiger partial charge on any atom is -0.290 e. The van der Waals surface area contributed by atoms with Crippen LogP contribution in [0.25, 0.3) is 22.3 Å². The van der Waals surface area contributed by atoms with Gasteiger partial charge in [-0.3, -0.25) is 10.1 Å². The van der Waals surface area contributed by atoms with Crippen LogP contribution in [-0.2, 0) is 4.79 Å². The molecule has 0 saturated carbocycles. The zero-order valence-corrected chi connectivity index (χ0v) is 17.5. The van der Waals surface area contributed by atoms with Crippen LogP contribution in [-0.4, -0.2) is 20.5 Å². The van der Waals surface area contributed by atoms with Gasteiger partial charge < -0.3 is 0 Å². The number of carbonyl (C=O) groups excluding carboxylic acids is 1. The third-order valence-electron chi connectivity index (χ3n) is 4.49. The van der Waals surface area contributed by atoms with Crippen molar-refractivity contribution in [3.05, 3.63) is 76.1 Å².